The van der Waals surface area contributed by atoms with Crippen LogP contribution in [-0.2, 0) is 11.3 Å². The van der Waals surface area contributed by atoms with Crippen LogP contribution in [-0.4, -0.2) is 12.5 Å². The lowest BCUT2D eigenvalue weighted by Crippen LogP contribution is -2.32. The molecule has 0 spiro atoms. The van der Waals surface area contributed by atoms with Crippen molar-refractivity contribution in [1.29, 1.82) is 0 Å². The minimum absolute atomic E-state index is 0.189. The number of hydrogen-bond donors (Lipinski definition) is 0. The van der Waals surface area contributed by atoms with E-state index >= 15 is 0 Å². The van der Waals surface area contributed by atoms with Gasteiger partial charge in [0.1, 0.15) is 5.92 Å². The van der Waals surface area contributed by atoms with E-state index < -0.39 is 24.9 Å². The highest BCUT2D eigenvalue weighted by Gasteiger charge is 2.44. The summed E-state index contributed by atoms with van der Waals surface area (Å²) in [5.74, 6) is -2.17. The lowest BCUT2D eigenvalue weighted by molar-refractivity contribution is -0.233. The van der Waals surface area contributed by atoms with Gasteiger partial charge in [0.05, 0.1) is 6.61 Å². The molecule has 1 aromatic rings. The number of hydrogen-bond acceptors (Lipinski definition) is 1. The van der Waals surface area contributed by atoms with Crippen LogP contribution in [0.25, 0.3) is 0 Å². The normalized spacial score (nSPS) is 15.1. The average Bonchev–Trinajstić information content (AvgIpc) is 2.33. The molecule has 0 aliphatic heterocycles. The molecule has 2 atom stereocenters. The van der Waals surface area contributed by atoms with E-state index in [2.05, 4.69) is 11.3 Å². The second-order valence-corrected chi connectivity index (χ2v) is 3.82. The van der Waals surface area contributed by atoms with Crippen LogP contribution in [0, 0.1) is 5.92 Å². The molecule has 0 aliphatic carbocycles. The summed E-state index contributed by atoms with van der Waals surface area (Å²) in [4.78, 5) is 0. The summed E-state index contributed by atoms with van der Waals surface area (Å²) in [5, 5.41) is 0. The molecule has 0 N–H and O–H groups in total. The van der Waals surface area contributed by atoms with Crippen molar-refractivity contribution < 1.29 is 22.3 Å². The first kappa shape index (κ1) is 14.7. The highest BCUT2D eigenvalue weighted by atomic mass is 19.4. The minimum Gasteiger partial charge on any atom is -0.343 e. The van der Waals surface area contributed by atoms with E-state index in [4.69, 9.17) is 0 Å². The molecule has 0 radical (unpaired) electrons. The fraction of sp³-hybridized carbons (Fsp3) is 0.385. The van der Waals surface area contributed by atoms with E-state index in [0.717, 1.165) is 6.08 Å². The van der Waals surface area contributed by atoms with Gasteiger partial charge < -0.3 is 4.74 Å². The molecule has 100 valence electrons. The van der Waals surface area contributed by atoms with Crippen LogP contribution in [0.2, 0.25) is 0 Å². The zero-order valence-corrected chi connectivity index (χ0v) is 9.66. The van der Waals surface area contributed by atoms with Crippen LogP contribution < -0.4 is 0 Å². The van der Waals surface area contributed by atoms with E-state index in [0.29, 0.717) is 5.56 Å². The number of benzene rings is 1. The van der Waals surface area contributed by atoms with Crippen LogP contribution in [0.4, 0.5) is 17.6 Å². The van der Waals surface area contributed by atoms with E-state index in [9.17, 15) is 17.6 Å². The molecule has 1 nitrogen and oxygen atoms in total. The Kier molecular flexibility index (Phi) is 5.34. The van der Waals surface area contributed by atoms with Gasteiger partial charge in [-0.15, -0.1) is 6.58 Å². The van der Waals surface area contributed by atoms with Crippen molar-refractivity contribution in [2.24, 2.45) is 5.92 Å². The van der Waals surface area contributed by atoms with Crippen LogP contribution in [0.5, 0.6) is 0 Å². The average molecular weight is 262 g/mol. The van der Waals surface area contributed by atoms with Crippen LogP contribution in [0.1, 0.15) is 12.0 Å². The molecule has 0 amide bonds. The molecular weight excluding hydrogens is 248 g/mol. The Morgan fingerprint density at radius 2 is 1.83 bits per heavy atom. The number of ether oxygens (including phenoxy) is 1. The van der Waals surface area contributed by atoms with Crippen LogP contribution >= 0.6 is 0 Å². The van der Waals surface area contributed by atoms with Gasteiger partial charge >= 0.3 is 6.18 Å². The third-order valence-corrected chi connectivity index (χ3v) is 2.41. The molecular formula is C13H14F4O. The summed E-state index contributed by atoms with van der Waals surface area (Å²) >= 11 is 0. The predicted molar refractivity (Wildman–Crippen MR) is 60.5 cm³/mol. The van der Waals surface area contributed by atoms with Gasteiger partial charge in [0.15, 0.2) is 0 Å². The Balaban J connectivity index is 2.57. The zero-order chi connectivity index (χ0) is 13.6. The maximum Gasteiger partial charge on any atom is 0.397 e. The van der Waals surface area contributed by atoms with Gasteiger partial charge in [0.25, 0.3) is 0 Å². The summed E-state index contributed by atoms with van der Waals surface area (Å²) in [6, 6.07) is 8.48. The lowest BCUT2D eigenvalue weighted by atomic mass is 10.1. The molecule has 2 unspecified atom stereocenters. The summed E-state index contributed by atoms with van der Waals surface area (Å²) in [7, 11) is 0. The highest BCUT2D eigenvalue weighted by Crippen LogP contribution is 2.34. The highest BCUT2D eigenvalue weighted by molar-refractivity contribution is 5.13. The van der Waals surface area contributed by atoms with Crippen molar-refractivity contribution in [3.05, 3.63) is 48.6 Å². The Morgan fingerprint density at radius 3 is 2.33 bits per heavy atom. The Labute approximate surface area is 103 Å². The molecule has 0 aromatic heterocycles. The number of rotatable bonds is 6. The van der Waals surface area contributed by atoms with Crippen molar-refractivity contribution in [3.8, 4) is 0 Å². The Bertz CT molecular complexity index is 361. The summed E-state index contributed by atoms with van der Waals surface area (Å²) in [6.07, 6.45) is -6.48. The van der Waals surface area contributed by atoms with Gasteiger partial charge in [-0.2, -0.15) is 13.2 Å². The molecule has 1 rings (SSSR count). The van der Waals surface area contributed by atoms with E-state index in [1.165, 1.54) is 0 Å². The standard InChI is InChI=1S/C13H14F4O/c1-2-6-11(13(15,16)17)12(14)18-9-10-7-4-3-5-8-10/h2-5,7-8,11-12H,1,6,9H2. The third-order valence-electron chi connectivity index (χ3n) is 2.41. The Hall–Kier alpha value is -1.36. The van der Waals surface area contributed by atoms with E-state index in [-0.39, 0.29) is 6.61 Å². The zero-order valence-electron chi connectivity index (χ0n) is 9.66. The molecule has 0 fully saturated rings. The quantitative estimate of drug-likeness (QED) is 0.550. The van der Waals surface area contributed by atoms with Gasteiger partial charge in [-0.3, -0.25) is 0 Å². The van der Waals surface area contributed by atoms with Gasteiger partial charge in [0, 0.05) is 0 Å². The van der Waals surface area contributed by atoms with Gasteiger partial charge in [-0.05, 0) is 12.0 Å². The molecule has 0 saturated heterocycles. The van der Waals surface area contributed by atoms with Crippen LogP contribution in [0.15, 0.2) is 43.0 Å². The van der Waals surface area contributed by atoms with Crippen molar-refractivity contribution in [1.82, 2.24) is 0 Å². The van der Waals surface area contributed by atoms with Crippen molar-refractivity contribution in [2.45, 2.75) is 25.6 Å². The van der Waals surface area contributed by atoms with E-state index in [1.807, 2.05) is 0 Å². The monoisotopic (exact) mass is 262 g/mol. The second-order valence-electron chi connectivity index (χ2n) is 3.82. The fourth-order valence-corrected chi connectivity index (χ4v) is 1.43. The summed E-state index contributed by atoms with van der Waals surface area (Å²) < 4.78 is 55.6. The molecule has 18 heavy (non-hydrogen) atoms. The minimum atomic E-state index is -4.63. The van der Waals surface area contributed by atoms with Crippen molar-refractivity contribution >= 4 is 0 Å². The summed E-state index contributed by atoms with van der Waals surface area (Å²) in [6.45, 7) is 3.00. The molecule has 0 saturated carbocycles. The van der Waals surface area contributed by atoms with Gasteiger partial charge in [0.2, 0.25) is 6.36 Å². The number of halogens is 4. The smallest absolute Gasteiger partial charge is 0.343 e. The number of allylic oxidation sites excluding steroid dienone is 1. The molecule has 5 heteroatoms. The molecule has 0 heterocycles. The number of alkyl halides is 4. The topological polar surface area (TPSA) is 9.23 Å². The molecule has 0 bridgehead atoms. The first-order valence-electron chi connectivity index (χ1n) is 5.42. The van der Waals surface area contributed by atoms with Gasteiger partial charge in [-0.25, -0.2) is 4.39 Å². The second kappa shape index (κ2) is 6.54. The summed E-state index contributed by atoms with van der Waals surface area (Å²) in [5.41, 5.74) is 0.625. The SMILES string of the molecule is C=CCC(C(F)OCc1ccccc1)C(F)(F)F. The predicted octanol–water partition coefficient (Wildman–Crippen LogP) is 4.25. The lowest BCUT2D eigenvalue weighted by Gasteiger charge is -2.22. The van der Waals surface area contributed by atoms with E-state index in [1.54, 1.807) is 30.3 Å². The first-order valence-corrected chi connectivity index (χ1v) is 5.42. The molecule has 0 aliphatic rings. The van der Waals surface area contributed by atoms with Crippen LogP contribution in [0.3, 0.4) is 0 Å². The van der Waals surface area contributed by atoms with Gasteiger partial charge in [-0.1, -0.05) is 36.4 Å². The maximum absolute atomic E-state index is 13.4. The van der Waals surface area contributed by atoms with Crippen molar-refractivity contribution in [3.63, 3.8) is 0 Å². The van der Waals surface area contributed by atoms with Crippen molar-refractivity contribution in [2.75, 3.05) is 0 Å². The largest absolute Gasteiger partial charge is 0.397 e. The maximum atomic E-state index is 13.4. The first-order chi connectivity index (χ1) is 8.45. The third kappa shape index (κ3) is 4.49. The fourth-order valence-electron chi connectivity index (χ4n) is 1.43. The molecule has 1 aromatic carbocycles. The Morgan fingerprint density at radius 1 is 1.22 bits per heavy atom.